The van der Waals surface area contributed by atoms with Gasteiger partial charge in [-0.1, -0.05) is 18.5 Å². The molecule has 1 saturated carbocycles. The zero-order valence-electron chi connectivity index (χ0n) is 15.7. The highest BCUT2D eigenvalue weighted by Gasteiger charge is 2.20. The number of methoxy groups -OCH3 is 1. The number of carbonyl (C=O) groups is 2. The fourth-order valence-electron chi connectivity index (χ4n) is 3.19. The summed E-state index contributed by atoms with van der Waals surface area (Å²) in [6.45, 7) is 2.54. The third-order valence-electron chi connectivity index (χ3n) is 4.64. The largest absolute Gasteiger partial charge is 0.495 e. The number of benzene rings is 1. The smallest absolute Gasteiger partial charge is 0.238 e. The number of hydrogen-bond acceptors (Lipinski definition) is 4. The van der Waals surface area contributed by atoms with Crippen LogP contribution in [0.4, 0.5) is 5.69 Å². The summed E-state index contributed by atoms with van der Waals surface area (Å²) in [6.07, 6.45) is 4.38. The Bertz CT molecular complexity index is 630. The number of nitrogens with one attached hydrogen (secondary N) is 2. The van der Waals surface area contributed by atoms with Gasteiger partial charge in [-0.05, 0) is 56.8 Å². The van der Waals surface area contributed by atoms with Crippen LogP contribution in [-0.4, -0.2) is 50.0 Å². The van der Waals surface area contributed by atoms with Gasteiger partial charge < -0.3 is 15.4 Å². The topological polar surface area (TPSA) is 70.7 Å². The van der Waals surface area contributed by atoms with Crippen LogP contribution >= 0.6 is 11.6 Å². The second kappa shape index (κ2) is 9.78. The SMILES string of the molecule is COc1ccc(Cl)cc1NC(=O)CN(C)CC(=O)NC1CCC(C)CC1. The van der Waals surface area contributed by atoms with Gasteiger partial charge in [0, 0.05) is 11.1 Å². The molecule has 0 aromatic heterocycles. The number of hydrogen-bond donors (Lipinski definition) is 2. The Morgan fingerprint density at radius 1 is 1.19 bits per heavy atom. The van der Waals surface area contributed by atoms with E-state index >= 15 is 0 Å². The van der Waals surface area contributed by atoms with Gasteiger partial charge in [0.05, 0.1) is 25.9 Å². The average molecular weight is 382 g/mol. The van der Waals surface area contributed by atoms with Gasteiger partial charge in [0.2, 0.25) is 11.8 Å². The summed E-state index contributed by atoms with van der Waals surface area (Å²) in [6, 6.07) is 5.28. The first kappa shape index (κ1) is 20.5. The van der Waals surface area contributed by atoms with Crippen LogP contribution in [-0.2, 0) is 9.59 Å². The van der Waals surface area contributed by atoms with E-state index in [1.54, 1.807) is 30.1 Å². The lowest BCUT2D eigenvalue weighted by Crippen LogP contribution is -2.44. The van der Waals surface area contributed by atoms with E-state index in [9.17, 15) is 9.59 Å². The number of amides is 2. The van der Waals surface area contributed by atoms with Crippen molar-refractivity contribution < 1.29 is 14.3 Å². The predicted molar refractivity (Wildman–Crippen MR) is 104 cm³/mol. The van der Waals surface area contributed by atoms with E-state index in [2.05, 4.69) is 17.6 Å². The van der Waals surface area contributed by atoms with Crippen LogP contribution in [0.25, 0.3) is 0 Å². The minimum absolute atomic E-state index is 0.0415. The van der Waals surface area contributed by atoms with Crippen LogP contribution in [0.1, 0.15) is 32.6 Å². The van der Waals surface area contributed by atoms with Crippen molar-refractivity contribution in [1.29, 1.82) is 0 Å². The molecule has 26 heavy (non-hydrogen) atoms. The molecule has 0 unspecified atom stereocenters. The van der Waals surface area contributed by atoms with Crippen molar-refractivity contribution in [2.45, 2.75) is 38.6 Å². The average Bonchev–Trinajstić information content (AvgIpc) is 2.56. The summed E-state index contributed by atoms with van der Waals surface area (Å²) in [7, 11) is 3.28. The van der Waals surface area contributed by atoms with Crippen LogP contribution in [0.15, 0.2) is 18.2 Å². The molecule has 0 bridgehead atoms. The molecular formula is C19H28ClN3O3. The summed E-state index contributed by atoms with van der Waals surface area (Å²) in [4.78, 5) is 26.1. The Balaban J connectivity index is 1.78. The van der Waals surface area contributed by atoms with Gasteiger partial charge in [-0.3, -0.25) is 14.5 Å². The van der Waals surface area contributed by atoms with Crippen molar-refractivity contribution >= 4 is 29.1 Å². The molecule has 2 N–H and O–H groups in total. The van der Waals surface area contributed by atoms with Crippen molar-refractivity contribution in [2.75, 3.05) is 32.6 Å². The van der Waals surface area contributed by atoms with E-state index in [0.29, 0.717) is 16.5 Å². The lowest BCUT2D eigenvalue weighted by atomic mass is 9.87. The van der Waals surface area contributed by atoms with Crippen molar-refractivity contribution in [3.8, 4) is 5.75 Å². The Hall–Kier alpha value is -1.79. The van der Waals surface area contributed by atoms with Crippen LogP contribution in [0.5, 0.6) is 5.75 Å². The maximum absolute atomic E-state index is 12.2. The van der Waals surface area contributed by atoms with Crippen LogP contribution in [0, 0.1) is 5.92 Å². The first-order valence-electron chi connectivity index (χ1n) is 8.98. The molecule has 1 aromatic carbocycles. The first-order valence-corrected chi connectivity index (χ1v) is 9.36. The number of anilines is 1. The summed E-state index contributed by atoms with van der Waals surface area (Å²) >= 11 is 5.96. The molecular weight excluding hydrogens is 354 g/mol. The minimum Gasteiger partial charge on any atom is -0.495 e. The van der Waals surface area contributed by atoms with Gasteiger partial charge in [0.1, 0.15) is 5.75 Å². The lowest BCUT2D eigenvalue weighted by molar-refractivity contribution is -0.123. The summed E-state index contributed by atoms with van der Waals surface area (Å²) < 4.78 is 5.21. The van der Waals surface area contributed by atoms with E-state index in [4.69, 9.17) is 16.3 Å². The Morgan fingerprint density at radius 2 is 1.85 bits per heavy atom. The summed E-state index contributed by atoms with van der Waals surface area (Å²) in [5.41, 5.74) is 0.513. The molecule has 144 valence electrons. The molecule has 1 aliphatic rings. The highest BCUT2D eigenvalue weighted by Crippen LogP contribution is 2.27. The zero-order valence-corrected chi connectivity index (χ0v) is 16.4. The molecule has 1 aliphatic carbocycles. The fourth-order valence-corrected chi connectivity index (χ4v) is 3.36. The molecule has 0 radical (unpaired) electrons. The highest BCUT2D eigenvalue weighted by atomic mass is 35.5. The van der Waals surface area contributed by atoms with Crippen molar-refractivity contribution in [2.24, 2.45) is 5.92 Å². The van der Waals surface area contributed by atoms with Crippen molar-refractivity contribution in [3.63, 3.8) is 0 Å². The summed E-state index contributed by atoms with van der Waals surface area (Å²) in [5.74, 6) is 1.01. The van der Waals surface area contributed by atoms with Gasteiger partial charge in [-0.25, -0.2) is 0 Å². The molecule has 6 nitrogen and oxygen atoms in total. The van der Waals surface area contributed by atoms with E-state index in [1.165, 1.54) is 7.11 Å². The Morgan fingerprint density at radius 3 is 2.50 bits per heavy atom. The molecule has 1 aromatic rings. The Kier molecular flexibility index (Phi) is 7.72. The number of halogens is 1. The molecule has 1 fully saturated rings. The van der Waals surface area contributed by atoms with Crippen molar-refractivity contribution in [1.82, 2.24) is 10.2 Å². The molecule has 0 atom stereocenters. The fraction of sp³-hybridized carbons (Fsp3) is 0.579. The van der Waals surface area contributed by atoms with Gasteiger partial charge in [-0.15, -0.1) is 0 Å². The van der Waals surface area contributed by atoms with Gasteiger partial charge in [-0.2, -0.15) is 0 Å². The van der Waals surface area contributed by atoms with Gasteiger partial charge in [0.25, 0.3) is 0 Å². The number of carbonyl (C=O) groups excluding carboxylic acids is 2. The molecule has 2 amide bonds. The first-order chi connectivity index (χ1) is 12.4. The number of likely N-dealkylation sites (N-methyl/N-ethyl adjacent to an activating group) is 1. The minimum atomic E-state index is -0.229. The number of rotatable bonds is 7. The van der Waals surface area contributed by atoms with E-state index in [0.717, 1.165) is 31.6 Å². The maximum Gasteiger partial charge on any atom is 0.238 e. The Labute approximate surface area is 160 Å². The quantitative estimate of drug-likeness (QED) is 0.761. The van der Waals surface area contributed by atoms with E-state index in [-0.39, 0.29) is 30.9 Å². The molecule has 0 saturated heterocycles. The molecule has 7 heteroatoms. The van der Waals surface area contributed by atoms with Crippen LogP contribution in [0.3, 0.4) is 0 Å². The standard InChI is InChI=1S/C19H28ClN3O3/c1-13-4-7-15(8-5-13)21-18(24)11-23(2)12-19(25)22-16-10-14(20)6-9-17(16)26-3/h6,9-10,13,15H,4-5,7-8,11-12H2,1-3H3,(H,21,24)(H,22,25). The highest BCUT2D eigenvalue weighted by molar-refractivity contribution is 6.31. The third-order valence-corrected chi connectivity index (χ3v) is 4.88. The van der Waals surface area contributed by atoms with E-state index in [1.807, 2.05) is 0 Å². The molecule has 0 aliphatic heterocycles. The summed E-state index contributed by atoms with van der Waals surface area (Å²) in [5, 5.41) is 6.35. The number of nitrogens with zero attached hydrogens (tertiary/aromatic N) is 1. The second-order valence-corrected chi connectivity index (χ2v) is 7.53. The number of ether oxygens (including phenoxy) is 1. The molecule has 0 heterocycles. The second-order valence-electron chi connectivity index (χ2n) is 7.09. The van der Waals surface area contributed by atoms with Crippen LogP contribution < -0.4 is 15.4 Å². The van der Waals surface area contributed by atoms with Gasteiger partial charge in [0.15, 0.2) is 0 Å². The maximum atomic E-state index is 12.2. The lowest BCUT2D eigenvalue weighted by Gasteiger charge is -2.27. The molecule has 2 rings (SSSR count). The van der Waals surface area contributed by atoms with Crippen LogP contribution in [0.2, 0.25) is 5.02 Å². The van der Waals surface area contributed by atoms with E-state index < -0.39 is 0 Å². The van der Waals surface area contributed by atoms with Gasteiger partial charge >= 0.3 is 0 Å². The molecule has 0 spiro atoms. The predicted octanol–water partition coefficient (Wildman–Crippen LogP) is 2.91. The van der Waals surface area contributed by atoms with Crippen molar-refractivity contribution in [3.05, 3.63) is 23.2 Å². The third kappa shape index (κ3) is 6.50. The monoisotopic (exact) mass is 381 g/mol. The zero-order chi connectivity index (χ0) is 19.1. The normalized spacial score (nSPS) is 19.9.